The third-order valence-electron chi connectivity index (χ3n) is 7.14. The van der Waals surface area contributed by atoms with Crippen molar-refractivity contribution in [2.75, 3.05) is 7.11 Å². The third-order valence-corrected chi connectivity index (χ3v) is 8.30. The van der Waals surface area contributed by atoms with Crippen molar-refractivity contribution in [2.24, 2.45) is 0 Å². The van der Waals surface area contributed by atoms with Crippen LogP contribution in [0.25, 0.3) is 21.0 Å². The number of alkyl halides is 2. The first-order valence-electron chi connectivity index (χ1n) is 13.8. The van der Waals surface area contributed by atoms with Gasteiger partial charge in [-0.3, -0.25) is 9.59 Å². The molecule has 0 atom stereocenters. The van der Waals surface area contributed by atoms with Gasteiger partial charge in [0.1, 0.15) is 23.3 Å². The van der Waals surface area contributed by atoms with E-state index in [2.05, 4.69) is 0 Å². The zero-order chi connectivity index (χ0) is 31.1. The standard InChI is InChI=1S/C33H30F4N2O3S/c1-3-4-5-6-14-33(36,37)26-18-28(39(32(41)25(26)19-38)20-23-10-11-24(34)17-27(23)35)30-13-12-29(43-30)22-9-7-8-21(15-22)16-31(40)42-2/h7-13,15,17-18H,3-6,14,16,20H2,1-2H3. The van der Waals surface area contributed by atoms with Gasteiger partial charge in [0.15, 0.2) is 0 Å². The van der Waals surface area contributed by atoms with Gasteiger partial charge in [-0.15, -0.1) is 11.3 Å². The van der Waals surface area contributed by atoms with Gasteiger partial charge in [0.2, 0.25) is 0 Å². The van der Waals surface area contributed by atoms with Gasteiger partial charge in [-0.2, -0.15) is 5.26 Å². The largest absolute Gasteiger partial charge is 0.469 e. The lowest BCUT2D eigenvalue weighted by atomic mass is 9.97. The van der Waals surface area contributed by atoms with Crippen molar-refractivity contribution in [2.45, 2.75) is 57.9 Å². The van der Waals surface area contributed by atoms with Crippen molar-refractivity contribution < 1.29 is 27.1 Å². The molecule has 0 aliphatic heterocycles. The van der Waals surface area contributed by atoms with E-state index in [9.17, 15) is 23.6 Å². The summed E-state index contributed by atoms with van der Waals surface area (Å²) in [7, 11) is 1.30. The Labute approximate surface area is 251 Å². The highest BCUT2D eigenvalue weighted by Crippen LogP contribution is 2.40. The van der Waals surface area contributed by atoms with Gasteiger partial charge >= 0.3 is 5.97 Å². The highest BCUT2D eigenvalue weighted by molar-refractivity contribution is 7.18. The van der Waals surface area contributed by atoms with Gasteiger partial charge in [-0.25, -0.2) is 17.6 Å². The minimum Gasteiger partial charge on any atom is -0.469 e. The van der Waals surface area contributed by atoms with Crippen LogP contribution in [0.15, 0.2) is 65.5 Å². The topological polar surface area (TPSA) is 72.1 Å². The van der Waals surface area contributed by atoms with Crippen LogP contribution in [0.4, 0.5) is 17.6 Å². The molecule has 2 aromatic heterocycles. The number of pyridine rings is 1. The number of carbonyl (C=O) groups excluding carboxylic acids is 1. The summed E-state index contributed by atoms with van der Waals surface area (Å²) >= 11 is 1.21. The Morgan fingerprint density at radius 2 is 1.79 bits per heavy atom. The summed E-state index contributed by atoms with van der Waals surface area (Å²) in [6, 6.07) is 16.3. The third kappa shape index (κ3) is 7.41. The number of nitriles is 1. The number of nitrogens with zero attached hydrogens (tertiary/aromatic N) is 2. The van der Waals surface area contributed by atoms with E-state index in [-0.39, 0.29) is 24.1 Å². The number of carbonyl (C=O) groups is 1. The fourth-order valence-electron chi connectivity index (χ4n) is 4.84. The van der Waals surface area contributed by atoms with E-state index in [1.807, 2.05) is 19.1 Å². The Balaban J connectivity index is 1.85. The fraction of sp³-hybridized carbons (Fsp3) is 0.303. The van der Waals surface area contributed by atoms with Crippen LogP contribution < -0.4 is 5.56 Å². The van der Waals surface area contributed by atoms with E-state index >= 15 is 8.78 Å². The molecule has 0 spiro atoms. The average molecular weight is 611 g/mol. The van der Waals surface area contributed by atoms with Gasteiger partial charge in [-0.05, 0) is 47.9 Å². The Bertz CT molecular complexity index is 1720. The van der Waals surface area contributed by atoms with E-state index in [1.165, 1.54) is 24.5 Å². The Morgan fingerprint density at radius 1 is 1.02 bits per heavy atom. The zero-order valence-corrected chi connectivity index (χ0v) is 24.6. The second kappa shape index (κ2) is 13.8. The van der Waals surface area contributed by atoms with E-state index < -0.39 is 53.2 Å². The summed E-state index contributed by atoms with van der Waals surface area (Å²) < 4.78 is 65.2. The Morgan fingerprint density at radius 3 is 2.49 bits per heavy atom. The highest BCUT2D eigenvalue weighted by Gasteiger charge is 2.36. The summed E-state index contributed by atoms with van der Waals surface area (Å²) in [6.07, 6.45) is 2.00. The van der Waals surface area contributed by atoms with Crippen LogP contribution in [0, 0.1) is 23.0 Å². The number of esters is 1. The van der Waals surface area contributed by atoms with Crippen LogP contribution in [0.5, 0.6) is 0 Å². The predicted molar refractivity (Wildman–Crippen MR) is 158 cm³/mol. The van der Waals surface area contributed by atoms with Gasteiger partial charge < -0.3 is 9.30 Å². The molecule has 43 heavy (non-hydrogen) atoms. The molecule has 0 N–H and O–H groups in total. The van der Waals surface area contributed by atoms with Crippen LogP contribution in [-0.4, -0.2) is 17.6 Å². The van der Waals surface area contributed by atoms with Crippen molar-refractivity contribution in [3.05, 3.63) is 105 Å². The van der Waals surface area contributed by atoms with Crippen molar-refractivity contribution in [1.29, 1.82) is 5.26 Å². The molecular weight excluding hydrogens is 580 g/mol. The van der Waals surface area contributed by atoms with Gasteiger partial charge in [0, 0.05) is 28.5 Å². The second-order valence-corrected chi connectivity index (χ2v) is 11.3. The van der Waals surface area contributed by atoms with Crippen molar-refractivity contribution in [1.82, 2.24) is 4.57 Å². The normalized spacial score (nSPS) is 11.4. The summed E-state index contributed by atoms with van der Waals surface area (Å²) in [6.45, 7) is 1.56. The lowest BCUT2D eigenvalue weighted by molar-refractivity contribution is -0.139. The Kier molecular flexibility index (Phi) is 10.2. The van der Waals surface area contributed by atoms with E-state index in [1.54, 1.807) is 30.3 Å². The average Bonchev–Trinajstić information content (AvgIpc) is 3.47. The summed E-state index contributed by atoms with van der Waals surface area (Å²) in [5.74, 6) is -5.56. The first-order valence-corrected chi connectivity index (χ1v) is 14.7. The molecule has 5 nitrogen and oxygen atoms in total. The van der Waals surface area contributed by atoms with Crippen molar-refractivity contribution in [3.63, 3.8) is 0 Å². The number of unbranched alkanes of at least 4 members (excludes halogenated alkanes) is 3. The van der Waals surface area contributed by atoms with Crippen LogP contribution in [0.3, 0.4) is 0 Å². The molecule has 0 unspecified atom stereocenters. The quantitative estimate of drug-likeness (QED) is 0.0921. The SMILES string of the molecule is CCCCCCC(F)(F)c1cc(-c2ccc(-c3cccc(CC(=O)OC)c3)s2)n(Cc2ccc(F)cc2F)c(=O)c1C#N. The molecule has 0 saturated heterocycles. The number of benzene rings is 2. The van der Waals surface area contributed by atoms with Crippen LogP contribution in [-0.2, 0) is 28.4 Å². The number of ether oxygens (including phenoxy) is 1. The number of rotatable bonds is 12. The van der Waals surface area contributed by atoms with E-state index in [0.717, 1.165) is 40.0 Å². The molecular formula is C33H30F4N2O3S. The smallest absolute Gasteiger partial charge is 0.309 e. The molecule has 0 amide bonds. The maximum atomic E-state index is 15.6. The number of methoxy groups -OCH3 is 1. The number of aromatic nitrogens is 1. The predicted octanol–water partition coefficient (Wildman–Crippen LogP) is 8.22. The first-order chi connectivity index (χ1) is 20.6. The van der Waals surface area contributed by atoms with Crippen molar-refractivity contribution in [3.8, 4) is 27.1 Å². The lowest BCUT2D eigenvalue weighted by Gasteiger charge is -2.21. The molecule has 4 rings (SSSR count). The molecule has 0 saturated carbocycles. The highest BCUT2D eigenvalue weighted by atomic mass is 32.1. The van der Waals surface area contributed by atoms with Crippen LogP contribution >= 0.6 is 11.3 Å². The number of hydrogen-bond acceptors (Lipinski definition) is 5. The molecule has 0 bridgehead atoms. The van der Waals surface area contributed by atoms with Gasteiger partial charge in [0.05, 0.1) is 30.6 Å². The fourth-order valence-corrected chi connectivity index (χ4v) is 5.86. The van der Waals surface area contributed by atoms with E-state index in [4.69, 9.17) is 4.74 Å². The van der Waals surface area contributed by atoms with Crippen LogP contribution in [0.1, 0.15) is 61.3 Å². The van der Waals surface area contributed by atoms with Crippen LogP contribution in [0.2, 0.25) is 0 Å². The molecule has 2 heterocycles. The molecule has 224 valence electrons. The molecule has 10 heteroatoms. The molecule has 0 aliphatic rings. The summed E-state index contributed by atoms with van der Waals surface area (Å²) in [5.41, 5.74) is -0.853. The minimum absolute atomic E-state index is 0.0417. The molecule has 0 aliphatic carbocycles. The first kappa shape index (κ1) is 31.7. The summed E-state index contributed by atoms with van der Waals surface area (Å²) in [4.78, 5) is 26.6. The number of halogens is 4. The lowest BCUT2D eigenvalue weighted by Crippen LogP contribution is -2.30. The minimum atomic E-state index is -3.45. The number of thiophene rings is 1. The van der Waals surface area contributed by atoms with Crippen molar-refractivity contribution >= 4 is 17.3 Å². The second-order valence-electron chi connectivity index (χ2n) is 10.2. The van der Waals surface area contributed by atoms with Gasteiger partial charge in [-0.1, -0.05) is 50.5 Å². The molecule has 0 fully saturated rings. The number of hydrogen-bond donors (Lipinski definition) is 0. The Hall–Kier alpha value is -4.23. The summed E-state index contributed by atoms with van der Waals surface area (Å²) in [5, 5.41) is 9.82. The molecule has 4 aromatic rings. The maximum Gasteiger partial charge on any atom is 0.309 e. The maximum absolute atomic E-state index is 15.6. The van der Waals surface area contributed by atoms with Gasteiger partial charge in [0.25, 0.3) is 11.5 Å². The molecule has 0 radical (unpaired) electrons. The van der Waals surface area contributed by atoms with E-state index in [0.29, 0.717) is 22.9 Å². The molecule has 2 aromatic carbocycles. The zero-order valence-electron chi connectivity index (χ0n) is 23.8. The monoisotopic (exact) mass is 610 g/mol.